The number of unbranched alkanes of at least 4 members (excludes halogenated alkanes) is 1. The van der Waals surface area contributed by atoms with Crippen molar-refractivity contribution in [3.05, 3.63) is 48.6 Å². The van der Waals surface area contributed by atoms with Crippen LogP contribution in [0.25, 0.3) is 0 Å². The van der Waals surface area contributed by atoms with Crippen LogP contribution in [-0.2, 0) is 4.79 Å². The average molecular weight is 294 g/mol. The largest absolute Gasteiger partial charge is 0.481 e. The normalized spacial score (nSPS) is 12.4. The number of rotatable bonds is 12. The van der Waals surface area contributed by atoms with Crippen molar-refractivity contribution in [3.8, 4) is 0 Å². The maximum Gasteiger partial charge on any atom is 0.313 e. The van der Waals surface area contributed by atoms with Gasteiger partial charge < -0.3 is 5.11 Å². The minimum absolute atomic E-state index is 0.185. The van der Waals surface area contributed by atoms with Gasteiger partial charge in [-0.25, -0.2) is 0 Å². The molecule has 0 rings (SSSR count). The maximum absolute atomic E-state index is 10.3. The smallest absolute Gasteiger partial charge is 0.313 e. The van der Waals surface area contributed by atoms with Gasteiger partial charge in [-0.15, -0.1) is 11.8 Å². The van der Waals surface area contributed by atoms with Gasteiger partial charge in [0.2, 0.25) is 0 Å². The van der Waals surface area contributed by atoms with Crippen LogP contribution in [0.2, 0.25) is 0 Å². The van der Waals surface area contributed by atoms with Gasteiger partial charge in [0.15, 0.2) is 0 Å². The van der Waals surface area contributed by atoms with Gasteiger partial charge >= 0.3 is 5.97 Å². The van der Waals surface area contributed by atoms with Crippen LogP contribution in [0.1, 0.15) is 39.0 Å². The molecule has 0 spiro atoms. The summed E-state index contributed by atoms with van der Waals surface area (Å²) in [4.78, 5) is 10.3. The van der Waals surface area contributed by atoms with Crippen LogP contribution in [0, 0.1) is 0 Å². The van der Waals surface area contributed by atoms with E-state index in [4.69, 9.17) is 5.11 Å². The molecule has 0 aliphatic carbocycles. The van der Waals surface area contributed by atoms with E-state index in [0.29, 0.717) is 0 Å². The lowest BCUT2D eigenvalue weighted by Gasteiger charge is -1.91. The summed E-state index contributed by atoms with van der Waals surface area (Å²) in [5.41, 5.74) is 0. The Hall–Kier alpha value is -1.22. The predicted molar refractivity (Wildman–Crippen MR) is 90.3 cm³/mol. The standard InChI is InChI=1S/C17H26O2S/c1-2-3-4-5-6-7-8-9-10-11-12-13-14-15-20-16-17(18)19/h3-4,6-7,9-10,13-14H,2,5,8,11-12,15-16H2,1H3,(H,18,19)/b4-3-,7-6-,10-9-,14-13+. The Bertz CT molecular complexity index is 341. The average Bonchev–Trinajstić information content (AvgIpc) is 2.43. The van der Waals surface area contributed by atoms with Gasteiger partial charge in [0.05, 0.1) is 5.75 Å². The predicted octanol–water partition coefficient (Wildman–Crippen LogP) is 5.00. The molecule has 3 heteroatoms. The number of thioether (sulfide) groups is 1. The fourth-order valence-electron chi connectivity index (χ4n) is 1.42. The zero-order valence-electron chi connectivity index (χ0n) is 12.3. The summed E-state index contributed by atoms with van der Waals surface area (Å²) >= 11 is 1.43. The first-order valence-electron chi connectivity index (χ1n) is 7.17. The quantitative estimate of drug-likeness (QED) is 0.406. The summed E-state index contributed by atoms with van der Waals surface area (Å²) in [5.74, 6) is 0.221. The summed E-state index contributed by atoms with van der Waals surface area (Å²) in [7, 11) is 0. The third kappa shape index (κ3) is 16.8. The highest BCUT2D eigenvalue weighted by molar-refractivity contribution is 8.00. The molecule has 0 amide bonds. The zero-order chi connectivity index (χ0) is 14.9. The molecule has 1 N–H and O–H groups in total. The number of aliphatic carboxylic acids is 1. The van der Waals surface area contributed by atoms with Gasteiger partial charge in [-0.05, 0) is 32.1 Å². The van der Waals surface area contributed by atoms with Gasteiger partial charge in [0.1, 0.15) is 0 Å². The van der Waals surface area contributed by atoms with Crippen LogP contribution in [0.5, 0.6) is 0 Å². The van der Waals surface area contributed by atoms with Crippen LogP contribution in [-0.4, -0.2) is 22.6 Å². The lowest BCUT2D eigenvalue weighted by Crippen LogP contribution is -1.97. The van der Waals surface area contributed by atoms with Crippen molar-refractivity contribution in [2.75, 3.05) is 11.5 Å². The van der Waals surface area contributed by atoms with E-state index in [1.807, 2.05) is 6.08 Å². The molecule has 0 saturated heterocycles. The Morgan fingerprint density at radius 2 is 1.45 bits per heavy atom. The number of carbonyl (C=O) groups is 1. The second-order valence-electron chi connectivity index (χ2n) is 4.25. The molecule has 0 aromatic heterocycles. The molecule has 0 bridgehead atoms. The molecule has 0 radical (unpaired) electrons. The van der Waals surface area contributed by atoms with Crippen molar-refractivity contribution in [2.24, 2.45) is 0 Å². The highest BCUT2D eigenvalue weighted by Crippen LogP contribution is 2.01. The van der Waals surface area contributed by atoms with E-state index in [2.05, 4.69) is 49.5 Å². The first-order chi connectivity index (χ1) is 9.77. The lowest BCUT2D eigenvalue weighted by atomic mass is 10.2. The van der Waals surface area contributed by atoms with Gasteiger partial charge in [-0.1, -0.05) is 55.5 Å². The molecular weight excluding hydrogens is 268 g/mol. The number of allylic oxidation sites excluding steroid dienone is 7. The van der Waals surface area contributed by atoms with E-state index >= 15 is 0 Å². The Balaban J connectivity index is 3.37. The van der Waals surface area contributed by atoms with E-state index in [0.717, 1.165) is 37.9 Å². The van der Waals surface area contributed by atoms with Gasteiger partial charge in [-0.2, -0.15) is 0 Å². The van der Waals surface area contributed by atoms with Crippen molar-refractivity contribution in [1.82, 2.24) is 0 Å². The topological polar surface area (TPSA) is 37.3 Å². The monoisotopic (exact) mass is 294 g/mol. The third-order valence-electron chi connectivity index (χ3n) is 2.39. The molecule has 112 valence electrons. The van der Waals surface area contributed by atoms with E-state index in [9.17, 15) is 4.79 Å². The van der Waals surface area contributed by atoms with Crippen LogP contribution in [0.4, 0.5) is 0 Å². The first kappa shape index (κ1) is 18.8. The lowest BCUT2D eigenvalue weighted by molar-refractivity contribution is -0.133. The molecule has 0 fully saturated rings. The summed E-state index contributed by atoms with van der Waals surface area (Å²) in [5, 5.41) is 8.45. The summed E-state index contributed by atoms with van der Waals surface area (Å²) in [6.45, 7) is 2.14. The van der Waals surface area contributed by atoms with Crippen molar-refractivity contribution in [1.29, 1.82) is 0 Å². The highest BCUT2D eigenvalue weighted by atomic mass is 32.2. The highest BCUT2D eigenvalue weighted by Gasteiger charge is 1.92. The summed E-state index contributed by atoms with van der Waals surface area (Å²) in [6.07, 6.45) is 22.5. The fourth-order valence-corrected chi connectivity index (χ4v) is 1.98. The summed E-state index contributed by atoms with van der Waals surface area (Å²) in [6, 6.07) is 0. The molecule has 0 saturated carbocycles. The van der Waals surface area contributed by atoms with Crippen molar-refractivity contribution in [3.63, 3.8) is 0 Å². The Morgan fingerprint density at radius 1 is 0.900 bits per heavy atom. The summed E-state index contributed by atoms with van der Waals surface area (Å²) < 4.78 is 0. The van der Waals surface area contributed by atoms with Crippen molar-refractivity contribution in [2.45, 2.75) is 39.0 Å². The number of hydrogen-bond donors (Lipinski definition) is 1. The SMILES string of the molecule is CC/C=C\C/C=C\C/C=C\CC/C=C/CSCC(=O)O. The van der Waals surface area contributed by atoms with Crippen LogP contribution in [0.3, 0.4) is 0 Å². The second kappa shape index (κ2) is 15.8. The first-order valence-corrected chi connectivity index (χ1v) is 8.32. The number of carboxylic acid groups (broad SMARTS) is 1. The minimum Gasteiger partial charge on any atom is -0.481 e. The molecule has 0 aliphatic heterocycles. The molecule has 0 unspecified atom stereocenters. The molecular formula is C17H26O2S. The molecule has 2 nitrogen and oxygen atoms in total. The molecule has 0 heterocycles. The molecule has 20 heavy (non-hydrogen) atoms. The molecule has 0 atom stereocenters. The zero-order valence-corrected chi connectivity index (χ0v) is 13.1. The van der Waals surface area contributed by atoms with Crippen LogP contribution >= 0.6 is 11.8 Å². The molecule has 0 aromatic carbocycles. The van der Waals surface area contributed by atoms with Crippen LogP contribution in [0.15, 0.2) is 48.6 Å². The van der Waals surface area contributed by atoms with E-state index in [1.165, 1.54) is 11.8 Å². The third-order valence-corrected chi connectivity index (χ3v) is 3.27. The van der Waals surface area contributed by atoms with E-state index in [1.54, 1.807) is 0 Å². The maximum atomic E-state index is 10.3. The van der Waals surface area contributed by atoms with Crippen molar-refractivity contribution < 1.29 is 9.90 Å². The molecule has 0 aromatic rings. The van der Waals surface area contributed by atoms with Gasteiger partial charge in [-0.3, -0.25) is 4.79 Å². The molecule has 0 aliphatic rings. The Labute approximate surface area is 127 Å². The minimum atomic E-state index is -0.746. The van der Waals surface area contributed by atoms with E-state index < -0.39 is 5.97 Å². The number of carboxylic acids is 1. The van der Waals surface area contributed by atoms with Crippen molar-refractivity contribution >= 4 is 17.7 Å². The van der Waals surface area contributed by atoms with E-state index in [-0.39, 0.29) is 5.75 Å². The Kier molecular flexibility index (Phi) is 14.9. The fraction of sp³-hybridized carbons (Fsp3) is 0.471. The van der Waals surface area contributed by atoms with Gasteiger partial charge in [0.25, 0.3) is 0 Å². The van der Waals surface area contributed by atoms with Crippen LogP contribution < -0.4 is 0 Å². The second-order valence-corrected chi connectivity index (χ2v) is 5.28. The number of hydrogen-bond acceptors (Lipinski definition) is 2. The van der Waals surface area contributed by atoms with Gasteiger partial charge in [0, 0.05) is 5.75 Å². The Morgan fingerprint density at radius 3 is 2.05 bits per heavy atom.